The van der Waals surface area contributed by atoms with Crippen molar-refractivity contribution in [1.82, 2.24) is 10.2 Å². The van der Waals surface area contributed by atoms with Crippen molar-refractivity contribution in [3.05, 3.63) is 35.6 Å². The van der Waals surface area contributed by atoms with Crippen LogP contribution in [0.3, 0.4) is 0 Å². The fourth-order valence-electron chi connectivity index (χ4n) is 3.60. The SMILES string of the molecule is C[C@@]1(C(=O)NC2CCCC2)CCC(=O)N1Cc1ccccc1F. The maximum Gasteiger partial charge on any atom is 0.245 e. The van der Waals surface area contributed by atoms with Gasteiger partial charge in [0, 0.05) is 24.6 Å². The molecular formula is C18H23FN2O2. The highest BCUT2D eigenvalue weighted by molar-refractivity contribution is 5.94. The van der Waals surface area contributed by atoms with Crippen LogP contribution in [-0.2, 0) is 16.1 Å². The lowest BCUT2D eigenvalue weighted by atomic mass is 9.96. The molecule has 2 amide bonds. The molecule has 1 aromatic rings. The lowest BCUT2D eigenvalue weighted by Crippen LogP contribution is -2.55. The number of carbonyl (C=O) groups is 2. The quantitative estimate of drug-likeness (QED) is 0.928. The number of nitrogens with one attached hydrogen (secondary N) is 1. The Labute approximate surface area is 136 Å². The van der Waals surface area contributed by atoms with Crippen LogP contribution in [0, 0.1) is 5.82 Å². The summed E-state index contributed by atoms with van der Waals surface area (Å²) < 4.78 is 13.9. The van der Waals surface area contributed by atoms with Gasteiger partial charge in [0.15, 0.2) is 0 Å². The fraction of sp³-hybridized carbons (Fsp3) is 0.556. The van der Waals surface area contributed by atoms with Gasteiger partial charge in [0.1, 0.15) is 11.4 Å². The number of benzene rings is 1. The Morgan fingerprint density at radius 3 is 2.74 bits per heavy atom. The van der Waals surface area contributed by atoms with Crippen LogP contribution in [0.25, 0.3) is 0 Å². The summed E-state index contributed by atoms with van der Waals surface area (Å²) in [5.74, 6) is -0.533. The van der Waals surface area contributed by atoms with Crippen LogP contribution in [0.15, 0.2) is 24.3 Å². The Kier molecular flexibility index (Phi) is 4.37. The van der Waals surface area contributed by atoms with Gasteiger partial charge in [-0.15, -0.1) is 0 Å². The standard InChI is InChI=1S/C18H23FN2O2/c1-18(17(23)20-14-7-3-4-8-14)11-10-16(22)21(18)12-13-6-2-5-9-15(13)19/h2,5-6,9,14H,3-4,7-8,10-12H2,1H3,(H,20,23)/t18-/m0/s1. The predicted molar refractivity (Wildman–Crippen MR) is 85.0 cm³/mol. The number of amides is 2. The molecule has 1 atom stereocenters. The lowest BCUT2D eigenvalue weighted by Gasteiger charge is -2.35. The molecule has 1 saturated carbocycles. The third-order valence-electron chi connectivity index (χ3n) is 5.19. The highest BCUT2D eigenvalue weighted by Gasteiger charge is 2.47. The van der Waals surface area contributed by atoms with E-state index < -0.39 is 5.54 Å². The third-order valence-corrected chi connectivity index (χ3v) is 5.19. The molecule has 1 saturated heterocycles. The molecule has 124 valence electrons. The van der Waals surface area contributed by atoms with E-state index in [1.165, 1.54) is 11.0 Å². The van der Waals surface area contributed by atoms with Crippen molar-refractivity contribution < 1.29 is 14.0 Å². The van der Waals surface area contributed by atoms with Gasteiger partial charge < -0.3 is 10.2 Å². The smallest absolute Gasteiger partial charge is 0.245 e. The molecular weight excluding hydrogens is 295 g/mol. The summed E-state index contributed by atoms with van der Waals surface area (Å²) in [7, 11) is 0. The number of hydrogen-bond acceptors (Lipinski definition) is 2. The number of likely N-dealkylation sites (tertiary alicyclic amines) is 1. The van der Waals surface area contributed by atoms with E-state index in [0.29, 0.717) is 18.4 Å². The minimum absolute atomic E-state index is 0.0858. The Morgan fingerprint density at radius 1 is 1.35 bits per heavy atom. The Hall–Kier alpha value is -1.91. The molecule has 1 heterocycles. The largest absolute Gasteiger partial charge is 0.351 e. The van der Waals surface area contributed by atoms with E-state index in [9.17, 15) is 14.0 Å². The van der Waals surface area contributed by atoms with Crippen molar-refractivity contribution in [2.45, 2.75) is 63.6 Å². The van der Waals surface area contributed by atoms with Gasteiger partial charge in [0.05, 0.1) is 0 Å². The van der Waals surface area contributed by atoms with Crippen LogP contribution in [0.4, 0.5) is 4.39 Å². The highest BCUT2D eigenvalue weighted by Crippen LogP contribution is 2.33. The van der Waals surface area contributed by atoms with E-state index in [4.69, 9.17) is 0 Å². The zero-order chi connectivity index (χ0) is 16.4. The summed E-state index contributed by atoms with van der Waals surface area (Å²) in [5.41, 5.74) is -0.440. The van der Waals surface area contributed by atoms with Gasteiger partial charge in [-0.05, 0) is 32.3 Å². The lowest BCUT2D eigenvalue weighted by molar-refractivity contribution is -0.141. The van der Waals surface area contributed by atoms with Crippen molar-refractivity contribution in [3.8, 4) is 0 Å². The zero-order valence-electron chi connectivity index (χ0n) is 13.5. The summed E-state index contributed by atoms with van der Waals surface area (Å²) >= 11 is 0. The second-order valence-corrected chi connectivity index (χ2v) is 6.80. The van der Waals surface area contributed by atoms with Gasteiger partial charge in [-0.3, -0.25) is 9.59 Å². The molecule has 2 fully saturated rings. The summed E-state index contributed by atoms with van der Waals surface area (Å²) in [6.07, 6.45) is 5.10. The fourth-order valence-corrected chi connectivity index (χ4v) is 3.60. The van der Waals surface area contributed by atoms with E-state index in [-0.39, 0.29) is 30.2 Å². The van der Waals surface area contributed by atoms with Gasteiger partial charge in [-0.25, -0.2) is 4.39 Å². The molecule has 1 aliphatic carbocycles. The number of rotatable bonds is 4. The maximum atomic E-state index is 13.9. The molecule has 3 rings (SSSR count). The summed E-state index contributed by atoms with van der Waals surface area (Å²) in [5, 5.41) is 3.09. The molecule has 1 aliphatic heterocycles. The average molecular weight is 318 g/mol. The molecule has 5 heteroatoms. The monoisotopic (exact) mass is 318 g/mol. The molecule has 23 heavy (non-hydrogen) atoms. The van der Waals surface area contributed by atoms with Crippen LogP contribution in [0.5, 0.6) is 0 Å². The first-order valence-corrected chi connectivity index (χ1v) is 8.35. The Balaban J connectivity index is 1.77. The first-order valence-electron chi connectivity index (χ1n) is 8.35. The Morgan fingerprint density at radius 2 is 2.04 bits per heavy atom. The van der Waals surface area contributed by atoms with Crippen molar-refractivity contribution in [3.63, 3.8) is 0 Å². The number of hydrogen-bond donors (Lipinski definition) is 1. The zero-order valence-corrected chi connectivity index (χ0v) is 13.5. The van der Waals surface area contributed by atoms with E-state index >= 15 is 0 Å². The average Bonchev–Trinajstić information content (AvgIpc) is 3.13. The van der Waals surface area contributed by atoms with Gasteiger partial charge >= 0.3 is 0 Å². The molecule has 0 bridgehead atoms. The van der Waals surface area contributed by atoms with Crippen molar-refractivity contribution in [2.24, 2.45) is 0 Å². The molecule has 4 nitrogen and oxygen atoms in total. The van der Waals surface area contributed by atoms with Gasteiger partial charge in [0.25, 0.3) is 0 Å². The Bertz CT molecular complexity index is 613. The first-order chi connectivity index (χ1) is 11.0. The molecule has 2 aliphatic rings. The molecule has 0 aromatic heterocycles. The second kappa shape index (κ2) is 6.30. The van der Waals surface area contributed by atoms with Gasteiger partial charge in [0.2, 0.25) is 11.8 Å². The third kappa shape index (κ3) is 3.09. The van der Waals surface area contributed by atoms with Crippen molar-refractivity contribution in [2.75, 3.05) is 0 Å². The molecule has 1 N–H and O–H groups in total. The van der Waals surface area contributed by atoms with Gasteiger partial charge in [-0.2, -0.15) is 0 Å². The van der Waals surface area contributed by atoms with Crippen LogP contribution >= 0.6 is 0 Å². The van der Waals surface area contributed by atoms with Crippen LogP contribution in [-0.4, -0.2) is 28.3 Å². The van der Waals surface area contributed by atoms with E-state index in [1.54, 1.807) is 25.1 Å². The van der Waals surface area contributed by atoms with Crippen molar-refractivity contribution >= 4 is 11.8 Å². The van der Waals surface area contributed by atoms with Crippen molar-refractivity contribution in [1.29, 1.82) is 0 Å². The van der Waals surface area contributed by atoms with Crippen LogP contribution in [0.2, 0.25) is 0 Å². The summed E-state index contributed by atoms with van der Waals surface area (Å²) in [6.45, 7) is 1.93. The number of nitrogens with zero attached hydrogens (tertiary/aromatic N) is 1. The van der Waals surface area contributed by atoms with E-state index in [1.807, 2.05) is 0 Å². The molecule has 0 spiro atoms. The predicted octanol–water partition coefficient (Wildman–Crippen LogP) is 2.77. The minimum atomic E-state index is -0.887. The van der Waals surface area contributed by atoms with E-state index in [0.717, 1.165) is 25.7 Å². The summed E-state index contributed by atoms with van der Waals surface area (Å²) in [6, 6.07) is 6.62. The highest BCUT2D eigenvalue weighted by atomic mass is 19.1. The topological polar surface area (TPSA) is 49.4 Å². The molecule has 1 aromatic carbocycles. The van der Waals surface area contributed by atoms with Crippen LogP contribution < -0.4 is 5.32 Å². The first kappa shape index (κ1) is 16.0. The van der Waals surface area contributed by atoms with E-state index in [2.05, 4.69) is 5.32 Å². The normalized spacial score (nSPS) is 25.1. The number of halogens is 1. The van der Waals surface area contributed by atoms with Gasteiger partial charge in [-0.1, -0.05) is 31.0 Å². The number of carbonyl (C=O) groups excluding carboxylic acids is 2. The second-order valence-electron chi connectivity index (χ2n) is 6.80. The molecule has 0 radical (unpaired) electrons. The summed E-state index contributed by atoms with van der Waals surface area (Å²) in [4.78, 5) is 26.6. The minimum Gasteiger partial charge on any atom is -0.351 e. The van der Waals surface area contributed by atoms with Crippen LogP contribution in [0.1, 0.15) is 51.0 Å². The maximum absolute atomic E-state index is 13.9. The molecule has 0 unspecified atom stereocenters.